The number of para-hydroxylation sites is 1. The van der Waals surface area contributed by atoms with Crippen LogP contribution < -0.4 is 10.1 Å². The maximum atomic E-state index is 12.5. The second kappa shape index (κ2) is 9.43. The summed E-state index contributed by atoms with van der Waals surface area (Å²) in [5, 5.41) is 8.52. The number of nitrogens with zero attached hydrogens (tertiary/aromatic N) is 3. The van der Waals surface area contributed by atoms with E-state index in [1.54, 1.807) is 4.68 Å². The maximum absolute atomic E-state index is 12.5. The quantitative estimate of drug-likeness (QED) is 0.408. The van der Waals surface area contributed by atoms with Gasteiger partial charge in [-0.25, -0.2) is 4.98 Å². The number of aromatic nitrogens is 3. The molecule has 0 saturated carbocycles. The number of hydrogen-bond acceptors (Lipinski definition) is 4. The molecular weight excluding hydrogens is 388 g/mol. The Morgan fingerprint density at radius 1 is 1.06 bits per heavy atom. The Kier molecular flexibility index (Phi) is 6.26. The van der Waals surface area contributed by atoms with Crippen molar-refractivity contribution in [2.75, 3.05) is 11.9 Å². The molecule has 0 atom stereocenters. The van der Waals surface area contributed by atoms with Gasteiger partial charge in [-0.3, -0.25) is 4.79 Å². The third-order valence-corrected chi connectivity index (χ3v) is 5.05. The van der Waals surface area contributed by atoms with E-state index in [1.807, 2.05) is 61.5 Å². The van der Waals surface area contributed by atoms with E-state index < -0.39 is 0 Å². The molecule has 31 heavy (non-hydrogen) atoms. The number of amides is 1. The molecule has 2 heterocycles. The van der Waals surface area contributed by atoms with Crippen LogP contribution in [-0.2, 0) is 11.2 Å². The Balaban J connectivity index is 1.36. The fraction of sp³-hybridized carbons (Fsp3) is 0.240. The Bertz CT molecular complexity index is 1180. The molecule has 0 aliphatic carbocycles. The van der Waals surface area contributed by atoms with Crippen LogP contribution in [0.5, 0.6) is 5.75 Å². The number of hydrogen-bond donors (Lipinski definition) is 1. The fourth-order valence-electron chi connectivity index (χ4n) is 3.39. The van der Waals surface area contributed by atoms with E-state index in [2.05, 4.69) is 34.5 Å². The molecule has 0 bridgehead atoms. The standard InChI is InChI=1S/C25H26N4O2/c1-3-19-10-13-21(14-11-19)31-16-6-9-25(30)27-24-17-18(2)28-29(24)23-15-12-20-7-4-5-8-22(20)26-23/h4-5,7-8,10-15,17H,3,6,9,16H2,1-2H3,(H,27,30). The molecule has 0 unspecified atom stereocenters. The van der Waals surface area contributed by atoms with Crippen molar-refractivity contribution in [1.82, 2.24) is 14.8 Å². The summed E-state index contributed by atoms with van der Waals surface area (Å²) < 4.78 is 7.41. The Morgan fingerprint density at radius 2 is 1.87 bits per heavy atom. The fourth-order valence-corrected chi connectivity index (χ4v) is 3.39. The van der Waals surface area contributed by atoms with Crippen molar-refractivity contribution >= 4 is 22.6 Å². The molecule has 6 heteroatoms. The maximum Gasteiger partial charge on any atom is 0.225 e. The summed E-state index contributed by atoms with van der Waals surface area (Å²) in [6, 6.07) is 21.7. The molecule has 2 aromatic carbocycles. The van der Waals surface area contributed by atoms with Gasteiger partial charge >= 0.3 is 0 Å². The molecular formula is C25H26N4O2. The topological polar surface area (TPSA) is 69.0 Å². The summed E-state index contributed by atoms with van der Waals surface area (Å²) in [6.07, 6.45) is 2.00. The van der Waals surface area contributed by atoms with Crippen LogP contribution >= 0.6 is 0 Å². The number of anilines is 1. The SMILES string of the molecule is CCc1ccc(OCCCC(=O)Nc2cc(C)nn2-c2ccc3ccccc3n2)cc1. The smallest absolute Gasteiger partial charge is 0.225 e. The summed E-state index contributed by atoms with van der Waals surface area (Å²) in [4.78, 5) is 17.2. The van der Waals surface area contributed by atoms with Crippen LogP contribution in [0.2, 0.25) is 0 Å². The zero-order valence-corrected chi connectivity index (χ0v) is 17.8. The van der Waals surface area contributed by atoms with Gasteiger partial charge in [-0.05, 0) is 55.7 Å². The van der Waals surface area contributed by atoms with Crippen LogP contribution in [0.15, 0.2) is 66.7 Å². The van der Waals surface area contributed by atoms with Crippen molar-refractivity contribution in [1.29, 1.82) is 0 Å². The minimum absolute atomic E-state index is 0.0770. The Morgan fingerprint density at radius 3 is 2.68 bits per heavy atom. The van der Waals surface area contributed by atoms with Gasteiger partial charge in [0.05, 0.1) is 17.8 Å². The Labute approximate surface area is 181 Å². The van der Waals surface area contributed by atoms with Gasteiger partial charge in [-0.1, -0.05) is 37.3 Å². The molecule has 1 N–H and O–H groups in total. The van der Waals surface area contributed by atoms with Gasteiger partial charge < -0.3 is 10.1 Å². The average Bonchev–Trinajstić information content (AvgIpc) is 3.16. The minimum atomic E-state index is -0.0770. The lowest BCUT2D eigenvalue weighted by Gasteiger charge is -2.10. The number of aryl methyl sites for hydroxylation is 2. The second-order valence-corrected chi connectivity index (χ2v) is 7.44. The van der Waals surface area contributed by atoms with E-state index in [0.717, 1.165) is 28.8 Å². The van der Waals surface area contributed by atoms with E-state index in [9.17, 15) is 4.79 Å². The van der Waals surface area contributed by atoms with Crippen LogP contribution in [0.3, 0.4) is 0 Å². The lowest BCUT2D eigenvalue weighted by atomic mass is 10.2. The minimum Gasteiger partial charge on any atom is -0.494 e. The van der Waals surface area contributed by atoms with Crippen LogP contribution in [0.1, 0.15) is 31.0 Å². The van der Waals surface area contributed by atoms with Crippen molar-refractivity contribution in [3.8, 4) is 11.6 Å². The highest BCUT2D eigenvalue weighted by Crippen LogP contribution is 2.19. The molecule has 2 aromatic heterocycles. The van der Waals surface area contributed by atoms with Crippen LogP contribution in [0.4, 0.5) is 5.82 Å². The Hall–Kier alpha value is -3.67. The van der Waals surface area contributed by atoms with Gasteiger partial charge in [0.15, 0.2) is 5.82 Å². The predicted molar refractivity (Wildman–Crippen MR) is 123 cm³/mol. The zero-order chi connectivity index (χ0) is 21.6. The van der Waals surface area contributed by atoms with E-state index >= 15 is 0 Å². The summed E-state index contributed by atoms with van der Waals surface area (Å²) in [6.45, 7) is 4.51. The lowest BCUT2D eigenvalue weighted by Crippen LogP contribution is -2.16. The number of nitrogens with one attached hydrogen (secondary N) is 1. The normalized spacial score (nSPS) is 10.9. The van der Waals surface area contributed by atoms with E-state index in [0.29, 0.717) is 31.1 Å². The second-order valence-electron chi connectivity index (χ2n) is 7.44. The number of benzene rings is 2. The van der Waals surface area contributed by atoms with Crippen LogP contribution in [0.25, 0.3) is 16.7 Å². The summed E-state index contributed by atoms with van der Waals surface area (Å²) >= 11 is 0. The molecule has 0 aliphatic rings. The molecule has 0 aliphatic heterocycles. The molecule has 6 nitrogen and oxygen atoms in total. The van der Waals surface area contributed by atoms with Crippen LogP contribution in [-0.4, -0.2) is 27.3 Å². The van der Waals surface area contributed by atoms with Crippen molar-refractivity contribution in [2.24, 2.45) is 0 Å². The van der Waals surface area contributed by atoms with Crippen molar-refractivity contribution in [2.45, 2.75) is 33.1 Å². The molecule has 4 aromatic rings. The largest absolute Gasteiger partial charge is 0.494 e. The number of pyridine rings is 1. The molecule has 1 amide bonds. The van der Waals surface area contributed by atoms with Gasteiger partial charge in [0.25, 0.3) is 0 Å². The summed E-state index contributed by atoms with van der Waals surface area (Å²) in [5.74, 6) is 2.03. The first-order valence-corrected chi connectivity index (χ1v) is 10.6. The van der Waals surface area contributed by atoms with Crippen molar-refractivity contribution in [3.63, 3.8) is 0 Å². The van der Waals surface area contributed by atoms with E-state index in [-0.39, 0.29) is 5.91 Å². The predicted octanol–water partition coefficient (Wildman–Crippen LogP) is 5.09. The number of fused-ring (bicyclic) bond motifs is 1. The average molecular weight is 415 g/mol. The third-order valence-electron chi connectivity index (χ3n) is 5.05. The molecule has 0 spiro atoms. The first-order valence-electron chi connectivity index (χ1n) is 10.6. The van der Waals surface area contributed by atoms with Gasteiger partial charge in [0.2, 0.25) is 5.91 Å². The van der Waals surface area contributed by atoms with Gasteiger partial charge in [-0.15, -0.1) is 0 Å². The van der Waals surface area contributed by atoms with Crippen LogP contribution in [0, 0.1) is 6.92 Å². The summed E-state index contributed by atoms with van der Waals surface area (Å²) in [7, 11) is 0. The third kappa shape index (κ3) is 5.09. The molecule has 4 rings (SSSR count). The number of rotatable bonds is 8. The lowest BCUT2D eigenvalue weighted by molar-refractivity contribution is -0.116. The number of carbonyl (C=O) groups is 1. The molecule has 0 fully saturated rings. The molecule has 0 radical (unpaired) electrons. The highest BCUT2D eigenvalue weighted by Gasteiger charge is 2.12. The van der Waals surface area contributed by atoms with E-state index in [4.69, 9.17) is 4.74 Å². The monoisotopic (exact) mass is 414 g/mol. The van der Waals surface area contributed by atoms with Gasteiger partial charge in [0.1, 0.15) is 11.6 Å². The van der Waals surface area contributed by atoms with Gasteiger partial charge in [-0.2, -0.15) is 9.78 Å². The first-order chi connectivity index (χ1) is 15.1. The highest BCUT2D eigenvalue weighted by molar-refractivity contribution is 5.90. The first kappa shape index (κ1) is 20.6. The number of ether oxygens (including phenoxy) is 1. The summed E-state index contributed by atoms with van der Waals surface area (Å²) in [5.41, 5.74) is 2.97. The zero-order valence-electron chi connectivity index (χ0n) is 17.8. The molecule has 0 saturated heterocycles. The van der Waals surface area contributed by atoms with Gasteiger partial charge in [0, 0.05) is 17.9 Å². The van der Waals surface area contributed by atoms with Crippen molar-refractivity contribution < 1.29 is 9.53 Å². The van der Waals surface area contributed by atoms with E-state index in [1.165, 1.54) is 5.56 Å². The number of carbonyl (C=O) groups excluding carboxylic acids is 1. The molecule has 158 valence electrons. The highest BCUT2D eigenvalue weighted by atomic mass is 16.5. The van der Waals surface area contributed by atoms with Crippen molar-refractivity contribution in [3.05, 3.63) is 78.0 Å².